The van der Waals surface area contributed by atoms with Crippen LogP contribution in [-0.2, 0) is 18.3 Å². The number of carbonyl (C=O) groups is 1. The maximum Gasteiger partial charge on any atom is 0.370 e. The number of benzene rings is 1. The summed E-state index contributed by atoms with van der Waals surface area (Å²) in [6, 6.07) is 8.62. The van der Waals surface area contributed by atoms with Crippen molar-refractivity contribution in [2.75, 3.05) is 14.2 Å². The number of ether oxygens (including phenoxy) is 1. The molecule has 0 N–H and O–H groups in total. The summed E-state index contributed by atoms with van der Waals surface area (Å²) in [5, 5.41) is 0. The minimum atomic E-state index is -3.46. The molecule has 124 valence electrons. The first-order valence-corrected chi connectivity index (χ1v) is 9.15. The Bertz CT molecular complexity index is 481. The van der Waals surface area contributed by atoms with E-state index in [0.29, 0.717) is 12.0 Å². The average molecular weight is 328 g/mol. The summed E-state index contributed by atoms with van der Waals surface area (Å²) in [5.41, 5.74) is 0.416. The lowest BCUT2D eigenvalue weighted by Gasteiger charge is -2.24. The lowest BCUT2D eigenvalue weighted by molar-refractivity contribution is 0.0366. The van der Waals surface area contributed by atoms with Gasteiger partial charge in [0.05, 0.1) is 5.56 Å². The monoisotopic (exact) mass is 328 g/mol. The van der Waals surface area contributed by atoms with E-state index in [9.17, 15) is 9.36 Å². The molecule has 0 spiro atoms. The third-order valence-corrected chi connectivity index (χ3v) is 5.51. The van der Waals surface area contributed by atoms with Crippen molar-refractivity contribution in [2.45, 2.75) is 44.9 Å². The van der Waals surface area contributed by atoms with Crippen LogP contribution in [0.1, 0.15) is 49.4 Å². The SMILES string of the molecule is CCCCCCC(OC(=O)c1ccccc1)P(=O)(OC)OC. The van der Waals surface area contributed by atoms with Crippen LogP contribution in [0.15, 0.2) is 30.3 Å². The van der Waals surface area contributed by atoms with Crippen LogP contribution in [0.4, 0.5) is 0 Å². The molecular formula is C16H25O5P. The number of carbonyl (C=O) groups excluding carboxylic acids is 1. The zero-order valence-electron chi connectivity index (χ0n) is 13.5. The number of hydrogen-bond acceptors (Lipinski definition) is 5. The molecule has 6 heteroatoms. The summed E-state index contributed by atoms with van der Waals surface area (Å²) in [6.07, 6.45) is 4.43. The quantitative estimate of drug-likeness (QED) is 0.356. The number of esters is 1. The Morgan fingerprint density at radius 3 is 2.27 bits per heavy atom. The van der Waals surface area contributed by atoms with Gasteiger partial charge in [-0.05, 0) is 25.0 Å². The van der Waals surface area contributed by atoms with Crippen molar-refractivity contribution in [2.24, 2.45) is 0 Å². The second kappa shape index (κ2) is 9.78. The predicted octanol–water partition coefficient (Wildman–Crippen LogP) is 4.63. The minimum Gasteiger partial charge on any atom is -0.446 e. The largest absolute Gasteiger partial charge is 0.446 e. The van der Waals surface area contributed by atoms with Gasteiger partial charge in [0.1, 0.15) is 0 Å². The molecule has 0 saturated heterocycles. The number of hydrogen-bond donors (Lipinski definition) is 0. The fraction of sp³-hybridized carbons (Fsp3) is 0.562. The summed E-state index contributed by atoms with van der Waals surface area (Å²) in [4.78, 5) is 12.2. The van der Waals surface area contributed by atoms with E-state index in [2.05, 4.69) is 6.92 Å². The van der Waals surface area contributed by atoms with Gasteiger partial charge in [0.15, 0.2) is 0 Å². The topological polar surface area (TPSA) is 61.8 Å². The zero-order chi connectivity index (χ0) is 16.4. The van der Waals surface area contributed by atoms with Crippen LogP contribution in [0.5, 0.6) is 0 Å². The van der Waals surface area contributed by atoms with Gasteiger partial charge >= 0.3 is 13.6 Å². The highest BCUT2D eigenvalue weighted by Gasteiger charge is 2.37. The van der Waals surface area contributed by atoms with Crippen molar-refractivity contribution in [3.05, 3.63) is 35.9 Å². The summed E-state index contributed by atoms with van der Waals surface area (Å²) in [7, 11) is -0.847. The Labute approximate surface area is 132 Å². The minimum absolute atomic E-state index is 0.416. The molecule has 1 rings (SSSR count). The standard InChI is InChI=1S/C16H25O5P/c1-4-5-6-10-13-15(22(18,19-2)20-3)21-16(17)14-11-8-7-9-12-14/h7-9,11-12,15H,4-6,10,13H2,1-3H3. The average Bonchev–Trinajstić information content (AvgIpc) is 2.57. The molecule has 22 heavy (non-hydrogen) atoms. The van der Waals surface area contributed by atoms with Gasteiger partial charge in [0.2, 0.25) is 5.85 Å². The van der Waals surface area contributed by atoms with Gasteiger partial charge in [-0.3, -0.25) is 4.57 Å². The van der Waals surface area contributed by atoms with Crippen LogP contribution in [0.25, 0.3) is 0 Å². The Morgan fingerprint density at radius 2 is 1.73 bits per heavy atom. The molecule has 1 atom stereocenters. The van der Waals surface area contributed by atoms with E-state index in [1.54, 1.807) is 24.3 Å². The van der Waals surface area contributed by atoms with Gasteiger partial charge in [-0.15, -0.1) is 0 Å². The second-order valence-corrected chi connectivity index (χ2v) is 7.37. The number of rotatable bonds is 10. The second-order valence-electron chi connectivity index (χ2n) is 4.98. The number of unbranched alkanes of at least 4 members (excludes halogenated alkanes) is 3. The van der Waals surface area contributed by atoms with E-state index < -0.39 is 19.4 Å². The van der Waals surface area contributed by atoms with E-state index >= 15 is 0 Å². The van der Waals surface area contributed by atoms with Crippen molar-refractivity contribution >= 4 is 13.6 Å². The van der Waals surface area contributed by atoms with Gasteiger partial charge < -0.3 is 13.8 Å². The third kappa shape index (κ3) is 5.56. The van der Waals surface area contributed by atoms with Crippen LogP contribution in [0, 0.1) is 0 Å². The molecule has 0 radical (unpaired) electrons. The predicted molar refractivity (Wildman–Crippen MR) is 86.0 cm³/mol. The van der Waals surface area contributed by atoms with E-state index in [0.717, 1.165) is 25.7 Å². The molecule has 0 bridgehead atoms. The van der Waals surface area contributed by atoms with E-state index in [-0.39, 0.29) is 0 Å². The maximum absolute atomic E-state index is 12.6. The fourth-order valence-corrected chi connectivity index (χ4v) is 3.45. The first-order chi connectivity index (χ1) is 10.6. The molecule has 1 unspecified atom stereocenters. The Morgan fingerprint density at radius 1 is 1.09 bits per heavy atom. The maximum atomic E-state index is 12.6. The Balaban J connectivity index is 2.77. The van der Waals surface area contributed by atoms with Crippen molar-refractivity contribution in [1.82, 2.24) is 0 Å². The van der Waals surface area contributed by atoms with Gasteiger partial charge in [-0.25, -0.2) is 4.79 Å². The molecule has 1 aromatic carbocycles. The summed E-state index contributed by atoms with van der Waals surface area (Å²) in [6.45, 7) is 2.11. The van der Waals surface area contributed by atoms with Crippen LogP contribution in [0.2, 0.25) is 0 Å². The summed E-state index contributed by atoms with van der Waals surface area (Å²) < 4.78 is 28.0. The van der Waals surface area contributed by atoms with Crippen LogP contribution < -0.4 is 0 Å². The first-order valence-electron chi connectivity index (χ1n) is 7.54. The molecule has 5 nitrogen and oxygen atoms in total. The molecule has 1 aromatic rings. The van der Waals surface area contributed by atoms with Crippen molar-refractivity contribution in [3.63, 3.8) is 0 Å². The lowest BCUT2D eigenvalue weighted by Crippen LogP contribution is -2.20. The van der Waals surface area contributed by atoms with Crippen molar-refractivity contribution in [3.8, 4) is 0 Å². The van der Waals surface area contributed by atoms with Gasteiger partial charge in [-0.1, -0.05) is 44.4 Å². The van der Waals surface area contributed by atoms with Crippen LogP contribution >= 0.6 is 7.60 Å². The lowest BCUT2D eigenvalue weighted by atomic mass is 10.2. The molecule has 0 amide bonds. The Hall–Kier alpha value is -1.16. The van der Waals surface area contributed by atoms with Gasteiger partial charge in [0.25, 0.3) is 0 Å². The van der Waals surface area contributed by atoms with Crippen LogP contribution in [-0.4, -0.2) is 26.0 Å². The fourth-order valence-electron chi connectivity index (χ4n) is 2.10. The van der Waals surface area contributed by atoms with Crippen LogP contribution in [0.3, 0.4) is 0 Å². The summed E-state index contributed by atoms with van der Waals surface area (Å²) >= 11 is 0. The van der Waals surface area contributed by atoms with Gasteiger partial charge in [-0.2, -0.15) is 0 Å². The molecule has 0 aliphatic rings. The van der Waals surface area contributed by atoms with Gasteiger partial charge in [0, 0.05) is 14.2 Å². The first kappa shape index (κ1) is 18.9. The summed E-state index contributed by atoms with van der Waals surface area (Å²) in [5.74, 6) is -1.40. The normalized spacial score (nSPS) is 12.9. The Kier molecular flexibility index (Phi) is 8.39. The molecule has 0 heterocycles. The molecular weight excluding hydrogens is 303 g/mol. The highest BCUT2D eigenvalue weighted by molar-refractivity contribution is 7.54. The molecule has 0 fully saturated rings. The zero-order valence-corrected chi connectivity index (χ0v) is 14.4. The van der Waals surface area contributed by atoms with E-state index in [1.807, 2.05) is 6.07 Å². The smallest absolute Gasteiger partial charge is 0.370 e. The van der Waals surface area contributed by atoms with E-state index in [1.165, 1.54) is 14.2 Å². The molecule has 0 aliphatic carbocycles. The highest BCUT2D eigenvalue weighted by Crippen LogP contribution is 2.54. The van der Waals surface area contributed by atoms with E-state index in [4.69, 9.17) is 13.8 Å². The van der Waals surface area contributed by atoms with Crippen molar-refractivity contribution in [1.29, 1.82) is 0 Å². The molecule has 0 aromatic heterocycles. The van der Waals surface area contributed by atoms with Crippen molar-refractivity contribution < 1.29 is 23.1 Å². The third-order valence-electron chi connectivity index (χ3n) is 3.42. The molecule has 0 saturated carbocycles. The molecule has 0 aliphatic heterocycles. The highest BCUT2D eigenvalue weighted by atomic mass is 31.2.